The number of carboxylic acids is 1. The fourth-order valence-electron chi connectivity index (χ4n) is 0.679. The van der Waals surface area contributed by atoms with Gasteiger partial charge in [0.05, 0.1) is 5.75 Å². The third-order valence-corrected chi connectivity index (χ3v) is 1.63. The number of thioether (sulfide) groups is 1. The molecule has 1 aromatic rings. The van der Waals surface area contributed by atoms with Crippen molar-refractivity contribution < 1.29 is 14.4 Å². The Kier molecular flexibility index (Phi) is 3.09. The first-order valence-electron chi connectivity index (χ1n) is 3.24. The lowest BCUT2D eigenvalue weighted by Crippen LogP contribution is -2.00. The van der Waals surface area contributed by atoms with E-state index in [-0.39, 0.29) is 12.3 Å². The van der Waals surface area contributed by atoms with Crippen LogP contribution >= 0.6 is 11.8 Å². The molecule has 6 heteroatoms. The van der Waals surface area contributed by atoms with Crippen LogP contribution in [-0.4, -0.2) is 27.5 Å². The Hall–Kier alpha value is -1.04. The van der Waals surface area contributed by atoms with Crippen LogP contribution < -0.4 is 0 Å². The second kappa shape index (κ2) is 4.10. The van der Waals surface area contributed by atoms with E-state index in [0.717, 1.165) is 0 Å². The van der Waals surface area contributed by atoms with Gasteiger partial charge in [0.1, 0.15) is 6.42 Å². The summed E-state index contributed by atoms with van der Waals surface area (Å²) in [5, 5.41) is 12.0. The van der Waals surface area contributed by atoms with Crippen LogP contribution in [0.1, 0.15) is 11.7 Å². The summed E-state index contributed by atoms with van der Waals surface area (Å²) in [6, 6.07) is 0. The summed E-state index contributed by atoms with van der Waals surface area (Å²) < 4.78 is 4.67. The fourth-order valence-corrected chi connectivity index (χ4v) is 1.05. The van der Waals surface area contributed by atoms with E-state index in [4.69, 9.17) is 5.11 Å². The lowest BCUT2D eigenvalue weighted by molar-refractivity contribution is -0.136. The first-order chi connectivity index (χ1) is 5.72. The van der Waals surface area contributed by atoms with Gasteiger partial charge in [-0.05, 0) is 6.26 Å². The number of hydrogen-bond donors (Lipinski definition) is 1. The van der Waals surface area contributed by atoms with Gasteiger partial charge in [-0.25, -0.2) is 0 Å². The van der Waals surface area contributed by atoms with E-state index in [1.54, 1.807) is 11.8 Å². The maximum atomic E-state index is 10.2. The molecule has 1 heterocycles. The van der Waals surface area contributed by atoms with E-state index >= 15 is 0 Å². The number of hydrogen-bond acceptors (Lipinski definition) is 5. The third kappa shape index (κ3) is 2.54. The highest BCUT2D eigenvalue weighted by molar-refractivity contribution is 7.97. The van der Waals surface area contributed by atoms with Gasteiger partial charge >= 0.3 is 5.97 Å². The molecule has 0 saturated carbocycles. The molecule has 12 heavy (non-hydrogen) atoms. The monoisotopic (exact) mass is 188 g/mol. The molecular weight excluding hydrogens is 180 g/mol. The molecule has 0 atom stereocenters. The first-order valence-corrected chi connectivity index (χ1v) is 4.64. The number of carboxylic acid groups (broad SMARTS) is 1. The maximum absolute atomic E-state index is 10.2. The third-order valence-electron chi connectivity index (χ3n) is 1.09. The Morgan fingerprint density at radius 3 is 3.08 bits per heavy atom. The molecule has 0 fully saturated rings. The molecule has 0 aliphatic heterocycles. The predicted molar refractivity (Wildman–Crippen MR) is 42.9 cm³/mol. The van der Waals surface area contributed by atoms with Gasteiger partial charge in [0.2, 0.25) is 5.89 Å². The SMILES string of the molecule is CSCc1noc(CC(=O)O)n1. The van der Waals surface area contributed by atoms with Crippen LogP contribution in [0.4, 0.5) is 0 Å². The van der Waals surface area contributed by atoms with Crippen LogP contribution in [-0.2, 0) is 17.0 Å². The van der Waals surface area contributed by atoms with Gasteiger partial charge in [-0.3, -0.25) is 4.79 Å². The Morgan fingerprint density at radius 2 is 2.50 bits per heavy atom. The molecule has 5 nitrogen and oxygen atoms in total. The van der Waals surface area contributed by atoms with E-state index in [1.807, 2.05) is 6.26 Å². The van der Waals surface area contributed by atoms with Crippen molar-refractivity contribution in [1.29, 1.82) is 0 Å². The largest absolute Gasteiger partial charge is 0.481 e. The highest BCUT2D eigenvalue weighted by Gasteiger charge is 2.08. The van der Waals surface area contributed by atoms with Gasteiger partial charge in [0, 0.05) is 0 Å². The van der Waals surface area contributed by atoms with E-state index in [2.05, 4.69) is 14.7 Å². The molecular formula is C6H8N2O3S. The smallest absolute Gasteiger partial charge is 0.312 e. The van der Waals surface area contributed by atoms with Crippen molar-refractivity contribution >= 4 is 17.7 Å². The quantitative estimate of drug-likeness (QED) is 0.744. The minimum absolute atomic E-state index is 0.159. The minimum Gasteiger partial charge on any atom is -0.481 e. The molecule has 0 saturated heterocycles. The van der Waals surface area contributed by atoms with Crippen LogP contribution in [0.2, 0.25) is 0 Å². The van der Waals surface area contributed by atoms with Crippen LogP contribution in [0, 0.1) is 0 Å². The molecule has 0 aromatic carbocycles. The molecule has 1 N–H and O–H groups in total. The number of rotatable bonds is 4. The van der Waals surface area contributed by atoms with Crippen LogP contribution in [0.15, 0.2) is 4.52 Å². The molecule has 0 aliphatic rings. The Bertz CT molecular complexity index is 274. The lowest BCUT2D eigenvalue weighted by atomic mass is 10.4. The van der Waals surface area contributed by atoms with Crippen molar-refractivity contribution in [3.63, 3.8) is 0 Å². The fraction of sp³-hybridized carbons (Fsp3) is 0.500. The summed E-state index contributed by atoms with van der Waals surface area (Å²) in [4.78, 5) is 14.1. The van der Waals surface area contributed by atoms with Gasteiger partial charge in [-0.2, -0.15) is 16.7 Å². The summed E-state index contributed by atoms with van der Waals surface area (Å²) in [5.41, 5.74) is 0. The van der Waals surface area contributed by atoms with Crippen molar-refractivity contribution in [3.05, 3.63) is 11.7 Å². The standard InChI is InChI=1S/C6H8N2O3S/c1-12-3-4-7-5(11-8-4)2-6(9)10/h2-3H2,1H3,(H,9,10). The van der Waals surface area contributed by atoms with Crippen molar-refractivity contribution in [2.45, 2.75) is 12.2 Å². The molecule has 66 valence electrons. The number of aliphatic carboxylic acids is 1. The molecule has 0 aliphatic carbocycles. The van der Waals surface area contributed by atoms with Gasteiger partial charge in [-0.15, -0.1) is 0 Å². The summed E-state index contributed by atoms with van der Waals surface area (Å²) in [7, 11) is 0. The molecule has 0 radical (unpaired) electrons. The van der Waals surface area contributed by atoms with E-state index in [1.165, 1.54) is 0 Å². The summed E-state index contributed by atoms with van der Waals surface area (Å²) >= 11 is 1.55. The molecule has 0 bridgehead atoms. The maximum Gasteiger partial charge on any atom is 0.312 e. The zero-order valence-electron chi connectivity index (χ0n) is 6.48. The summed E-state index contributed by atoms with van der Waals surface area (Å²) in [6.07, 6.45) is 1.70. The van der Waals surface area contributed by atoms with Crippen molar-refractivity contribution in [2.75, 3.05) is 6.26 Å². The van der Waals surface area contributed by atoms with Crippen molar-refractivity contribution in [1.82, 2.24) is 10.1 Å². The van der Waals surface area contributed by atoms with E-state index in [0.29, 0.717) is 11.6 Å². The molecule has 1 rings (SSSR count). The number of aromatic nitrogens is 2. The lowest BCUT2D eigenvalue weighted by Gasteiger charge is -1.84. The highest BCUT2D eigenvalue weighted by atomic mass is 32.2. The van der Waals surface area contributed by atoms with Crippen molar-refractivity contribution in [3.8, 4) is 0 Å². The van der Waals surface area contributed by atoms with Crippen LogP contribution in [0.25, 0.3) is 0 Å². The Morgan fingerprint density at radius 1 is 1.75 bits per heavy atom. The van der Waals surface area contributed by atoms with E-state index in [9.17, 15) is 4.79 Å². The van der Waals surface area contributed by atoms with Gasteiger partial charge in [0.25, 0.3) is 0 Å². The van der Waals surface area contributed by atoms with Crippen molar-refractivity contribution in [2.24, 2.45) is 0 Å². The molecule has 0 amide bonds. The highest BCUT2D eigenvalue weighted by Crippen LogP contribution is 2.05. The van der Waals surface area contributed by atoms with Gasteiger partial charge < -0.3 is 9.63 Å². The first kappa shape index (κ1) is 9.05. The number of nitrogens with zero attached hydrogens (tertiary/aromatic N) is 2. The minimum atomic E-state index is -0.964. The number of carbonyl (C=O) groups is 1. The second-order valence-electron chi connectivity index (χ2n) is 2.11. The predicted octanol–water partition coefficient (Wildman–Crippen LogP) is 0.560. The van der Waals surface area contributed by atoms with Gasteiger partial charge in [-0.1, -0.05) is 5.16 Å². The van der Waals surface area contributed by atoms with Crippen LogP contribution in [0.5, 0.6) is 0 Å². The zero-order valence-corrected chi connectivity index (χ0v) is 7.30. The average molecular weight is 188 g/mol. The zero-order chi connectivity index (χ0) is 8.97. The Labute approximate surface area is 73.2 Å². The Balaban J connectivity index is 2.58. The topological polar surface area (TPSA) is 76.2 Å². The van der Waals surface area contributed by atoms with Gasteiger partial charge in [0.15, 0.2) is 5.82 Å². The van der Waals surface area contributed by atoms with E-state index < -0.39 is 5.97 Å². The average Bonchev–Trinajstić information content (AvgIpc) is 2.36. The molecule has 0 spiro atoms. The summed E-state index contributed by atoms with van der Waals surface area (Å²) in [5.74, 6) is 0.378. The summed E-state index contributed by atoms with van der Waals surface area (Å²) in [6.45, 7) is 0. The molecule has 0 unspecified atom stereocenters. The normalized spacial score (nSPS) is 10.1. The van der Waals surface area contributed by atoms with Crippen LogP contribution in [0.3, 0.4) is 0 Å². The second-order valence-corrected chi connectivity index (χ2v) is 2.97. The molecule has 1 aromatic heterocycles.